The Hall–Kier alpha value is -1.66. The zero-order chi connectivity index (χ0) is 14.7. The Morgan fingerprint density at radius 3 is 2.90 bits per heavy atom. The van der Waals surface area contributed by atoms with E-state index in [0.29, 0.717) is 11.6 Å². The third-order valence-electron chi connectivity index (χ3n) is 3.57. The zero-order valence-corrected chi connectivity index (χ0v) is 11.8. The molecular weight excluding hydrogens is 258 g/mol. The maximum atomic E-state index is 11.0. The van der Waals surface area contributed by atoms with Gasteiger partial charge < -0.3 is 15.7 Å². The maximum absolute atomic E-state index is 11.0. The third kappa shape index (κ3) is 3.26. The Morgan fingerprint density at radius 1 is 1.55 bits per heavy atom. The highest BCUT2D eigenvalue weighted by atomic mass is 16.6. The van der Waals surface area contributed by atoms with E-state index in [0.717, 1.165) is 30.6 Å². The van der Waals surface area contributed by atoms with Crippen molar-refractivity contribution in [3.8, 4) is 0 Å². The fraction of sp³-hybridized carbons (Fsp3) is 0.571. The number of nitrogens with one attached hydrogen (secondary N) is 2. The normalized spacial score (nSPS) is 17.7. The van der Waals surface area contributed by atoms with Crippen molar-refractivity contribution in [1.82, 2.24) is 5.32 Å². The van der Waals surface area contributed by atoms with Gasteiger partial charge in [-0.1, -0.05) is 13.8 Å². The fourth-order valence-electron chi connectivity index (χ4n) is 2.47. The molecule has 0 saturated carbocycles. The third-order valence-corrected chi connectivity index (χ3v) is 3.57. The Morgan fingerprint density at radius 2 is 2.30 bits per heavy atom. The molecule has 6 nitrogen and oxygen atoms in total. The van der Waals surface area contributed by atoms with Crippen LogP contribution in [0, 0.1) is 10.1 Å². The van der Waals surface area contributed by atoms with Crippen LogP contribution < -0.4 is 10.6 Å². The number of nitrogens with zero attached hydrogens (tertiary/aromatic N) is 1. The Balaban J connectivity index is 2.18. The predicted octanol–water partition coefficient (Wildman–Crippen LogP) is 1.81. The molecule has 1 aromatic rings. The summed E-state index contributed by atoms with van der Waals surface area (Å²) in [5.41, 5.74) is 2.22. The molecular formula is C14H21N3O3. The second-order valence-corrected chi connectivity index (χ2v) is 5.50. The van der Waals surface area contributed by atoms with E-state index in [1.807, 2.05) is 0 Å². The second kappa shape index (κ2) is 6.19. The summed E-state index contributed by atoms with van der Waals surface area (Å²) in [6.07, 6.45) is 1.85. The van der Waals surface area contributed by atoms with Crippen molar-refractivity contribution in [1.29, 1.82) is 0 Å². The molecule has 1 aromatic carbocycles. The Bertz CT molecular complexity index is 503. The molecule has 1 aliphatic rings. The molecule has 110 valence electrons. The first kappa shape index (κ1) is 14.7. The van der Waals surface area contributed by atoms with Crippen molar-refractivity contribution in [3.63, 3.8) is 0 Å². The lowest BCUT2D eigenvalue weighted by Gasteiger charge is -2.28. The molecule has 0 aromatic heterocycles. The first-order valence-corrected chi connectivity index (χ1v) is 6.92. The molecule has 0 radical (unpaired) electrons. The lowest BCUT2D eigenvalue weighted by molar-refractivity contribution is -0.385. The molecule has 0 aliphatic carbocycles. The number of aryl methyl sites for hydroxylation is 1. The summed E-state index contributed by atoms with van der Waals surface area (Å²) in [5.74, 6) is 0. The van der Waals surface area contributed by atoms with Gasteiger partial charge in [0.15, 0.2) is 0 Å². The van der Waals surface area contributed by atoms with Crippen LogP contribution in [0.5, 0.6) is 0 Å². The van der Waals surface area contributed by atoms with Crippen LogP contribution in [0.3, 0.4) is 0 Å². The number of aliphatic hydroxyl groups is 1. The summed E-state index contributed by atoms with van der Waals surface area (Å²) >= 11 is 0. The number of benzene rings is 1. The van der Waals surface area contributed by atoms with Crippen molar-refractivity contribution in [2.75, 3.05) is 11.9 Å². The van der Waals surface area contributed by atoms with E-state index in [1.54, 1.807) is 12.1 Å². The molecule has 0 amide bonds. The lowest BCUT2D eigenvalue weighted by Crippen LogP contribution is -2.38. The summed E-state index contributed by atoms with van der Waals surface area (Å²) in [6.45, 7) is 4.72. The zero-order valence-electron chi connectivity index (χ0n) is 11.8. The van der Waals surface area contributed by atoms with Gasteiger partial charge in [-0.3, -0.25) is 10.1 Å². The number of nitro benzene ring substituents is 1. The highest BCUT2D eigenvalue weighted by Gasteiger charge is 2.23. The van der Waals surface area contributed by atoms with Gasteiger partial charge in [0.25, 0.3) is 5.69 Å². The number of nitro groups is 1. The maximum Gasteiger partial charge on any atom is 0.276 e. The van der Waals surface area contributed by atoms with Gasteiger partial charge in [-0.05, 0) is 24.5 Å². The van der Waals surface area contributed by atoms with Crippen molar-refractivity contribution in [2.45, 2.75) is 45.4 Å². The van der Waals surface area contributed by atoms with Gasteiger partial charge in [-0.15, -0.1) is 0 Å². The number of hydrogen-bond donors (Lipinski definition) is 3. The van der Waals surface area contributed by atoms with Gasteiger partial charge in [-0.2, -0.15) is 0 Å². The van der Waals surface area contributed by atoms with Crippen LogP contribution >= 0.6 is 0 Å². The smallest absolute Gasteiger partial charge is 0.276 e. The molecule has 0 fully saturated rings. The highest BCUT2D eigenvalue weighted by molar-refractivity contribution is 5.62. The van der Waals surface area contributed by atoms with Gasteiger partial charge in [0.05, 0.1) is 17.1 Å². The fourth-order valence-corrected chi connectivity index (χ4v) is 2.47. The molecule has 6 heteroatoms. The van der Waals surface area contributed by atoms with E-state index in [2.05, 4.69) is 24.5 Å². The largest absolute Gasteiger partial charge is 0.391 e. The number of fused-ring (bicyclic) bond motifs is 1. The van der Waals surface area contributed by atoms with Gasteiger partial charge in [0, 0.05) is 30.4 Å². The molecule has 1 aliphatic heterocycles. The molecule has 0 spiro atoms. The van der Waals surface area contributed by atoms with Crippen molar-refractivity contribution in [2.24, 2.45) is 0 Å². The van der Waals surface area contributed by atoms with Crippen molar-refractivity contribution < 1.29 is 10.0 Å². The average Bonchev–Trinajstić information content (AvgIpc) is 2.43. The van der Waals surface area contributed by atoms with Gasteiger partial charge in [-0.25, -0.2) is 0 Å². The molecule has 0 saturated heterocycles. The van der Waals surface area contributed by atoms with E-state index in [-0.39, 0.29) is 18.3 Å². The number of hydrogen-bond acceptors (Lipinski definition) is 5. The summed E-state index contributed by atoms with van der Waals surface area (Å²) < 4.78 is 0. The summed E-state index contributed by atoms with van der Waals surface area (Å²) in [4.78, 5) is 10.6. The first-order chi connectivity index (χ1) is 9.51. The van der Waals surface area contributed by atoms with E-state index in [9.17, 15) is 15.2 Å². The number of anilines is 1. The summed E-state index contributed by atoms with van der Waals surface area (Å²) in [5, 5.41) is 27.0. The van der Waals surface area contributed by atoms with Crippen LogP contribution in [0.1, 0.15) is 31.4 Å². The van der Waals surface area contributed by atoms with Crippen LogP contribution in [0.2, 0.25) is 0 Å². The summed E-state index contributed by atoms with van der Waals surface area (Å²) in [7, 11) is 0. The van der Waals surface area contributed by atoms with Crippen LogP contribution in [0.25, 0.3) is 0 Å². The number of aliphatic hydroxyl groups excluding tert-OH is 1. The van der Waals surface area contributed by atoms with Crippen LogP contribution in [0.4, 0.5) is 11.4 Å². The predicted molar refractivity (Wildman–Crippen MR) is 77.9 cm³/mol. The van der Waals surface area contributed by atoms with Crippen LogP contribution in [-0.4, -0.2) is 28.7 Å². The molecule has 1 heterocycles. The quantitative estimate of drug-likeness (QED) is 0.565. The highest BCUT2D eigenvalue weighted by Crippen LogP contribution is 2.32. The Kier molecular flexibility index (Phi) is 4.57. The van der Waals surface area contributed by atoms with E-state index < -0.39 is 4.92 Å². The standard InChI is InChI=1S/C14H21N3O3/c1-9(2)15-7-12-4-3-10-5-11(8-18)14(17(19)20)6-13(10)16-12/h5-6,9,12,15-16,18H,3-4,7-8H2,1-2H3/t12-/m1/s1. The second-order valence-electron chi connectivity index (χ2n) is 5.50. The molecule has 3 N–H and O–H groups in total. The monoisotopic (exact) mass is 279 g/mol. The molecule has 0 unspecified atom stereocenters. The first-order valence-electron chi connectivity index (χ1n) is 6.92. The Labute approximate surface area is 118 Å². The number of rotatable bonds is 5. The van der Waals surface area contributed by atoms with Crippen molar-refractivity contribution in [3.05, 3.63) is 33.4 Å². The molecule has 1 atom stereocenters. The minimum absolute atomic E-state index is 0.0174. The molecule has 2 rings (SSSR count). The van der Waals surface area contributed by atoms with Crippen LogP contribution in [0.15, 0.2) is 12.1 Å². The van der Waals surface area contributed by atoms with E-state index in [1.165, 1.54) is 0 Å². The molecule has 20 heavy (non-hydrogen) atoms. The van der Waals surface area contributed by atoms with Crippen molar-refractivity contribution >= 4 is 11.4 Å². The molecule has 0 bridgehead atoms. The minimum atomic E-state index is -0.441. The summed E-state index contributed by atoms with van der Waals surface area (Å²) in [6, 6.07) is 3.99. The van der Waals surface area contributed by atoms with E-state index in [4.69, 9.17) is 0 Å². The van der Waals surface area contributed by atoms with Crippen LogP contribution in [-0.2, 0) is 13.0 Å². The topological polar surface area (TPSA) is 87.4 Å². The average molecular weight is 279 g/mol. The van der Waals surface area contributed by atoms with Gasteiger partial charge in [0.2, 0.25) is 0 Å². The van der Waals surface area contributed by atoms with Gasteiger partial charge >= 0.3 is 0 Å². The SMILES string of the molecule is CC(C)NC[C@H]1CCc2cc(CO)c([N+](=O)[O-])cc2N1. The van der Waals surface area contributed by atoms with Gasteiger partial charge in [0.1, 0.15) is 0 Å². The minimum Gasteiger partial charge on any atom is -0.391 e. The lowest BCUT2D eigenvalue weighted by atomic mass is 9.95. The van der Waals surface area contributed by atoms with E-state index >= 15 is 0 Å².